The summed E-state index contributed by atoms with van der Waals surface area (Å²) in [6.07, 6.45) is 1.83. The molecule has 0 aliphatic carbocycles. The molecule has 2 aromatic rings. The standard InChI is InChI=1S/C13H16NO3P/c1-10(2)16-18(15)17-12-7-6-11-5-4-8-14(3)13(11)9-12/h4-10H,1-3H3/q+2. The molecule has 1 atom stereocenters. The molecule has 18 heavy (non-hydrogen) atoms. The summed E-state index contributed by atoms with van der Waals surface area (Å²) in [5, 5.41) is 1.10. The van der Waals surface area contributed by atoms with Crippen LogP contribution in [0.1, 0.15) is 13.8 Å². The van der Waals surface area contributed by atoms with E-state index < -0.39 is 8.25 Å². The van der Waals surface area contributed by atoms with Crippen LogP contribution in [0.2, 0.25) is 0 Å². The van der Waals surface area contributed by atoms with Gasteiger partial charge in [-0.2, -0.15) is 0 Å². The van der Waals surface area contributed by atoms with Gasteiger partial charge in [0.1, 0.15) is 13.2 Å². The quantitative estimate of drug-likeness (QED) is 0.629. The molecule has 0 fully saturated rings. The zero-order valence-corrected chi connectivity index (χ0v) is 11.6. The maximum absolute atomic E-state index is 11.5. The molecule has 94 valence electrons. The Morgan fingerprint density at radius 1 is 1.28 bits per heavy atom. The Bertz CT molecular complexity index is 583. The van der Waals surface area contributed by atoms with Crippen LogP contribution in [0, 0.1) is 0 Å². The van der Waals surface area contributed by atoms with Crippen LogP contribution in [0.15, 0.2) is 36.5 Å². The Balaban J connectivity index is 2.25. The molecule has 1 aromatic carbocycles. The zero-order chi connectivity index (χ0) is 13.1. The van der Waals surface area contributed by atoms with E-state index in [0.717, 1.165) is 10.9 Å². The van der Waals surface area contributed by atoms with Gasteiger partial charge in [-0.3, -0.25) is 0 Å². The van der Waals surface area contributed by atoms with Crippen molar-refractivity contribution in [3.05, 3.63) is 36.5 Å². The lowest BCUT2D eigenvalue weighted by molar-refractivity contribution is -0.644. The van der Waals surface area contributed by atoms with Crippen molar-refractivity contribution >= 4 is 19.2 Å². The molecule has 1 heterocycles. The lowest BCUT2D eigenvalue weighted by Crippen LogP contribution is -2.27. The van der Waals surface area contributed by atoms with Gasteiger partial charge in [0.05, 0.1) is 6.07 Å². The predicted octanol–water partition coefficient (Wildman–Crippen LogP) is 3.13. The summed E-state index contributed by atoms with van der Waals surface area (Å²) >= 11 is 0. The third kappa shape index (κ3) is 3.03. The first-order valence-electron chi connectivity index (χ1n) is 5.76. The highest BCUT2D eigenvalue weighted by atomic mass is 31.1. The number of fused-ring (bicyclic) bond motifs is 1. The molecule has 0 aliphatic heterocycles. The van der Waals surface area contributed by atoms with Crippen molar-refractivity contribution in [3.8, 4) is 5.75 Å². The smallest absolute Gasteiger partial charge is 0.229 e. The van der Waals surface area contributed by atoms with Crippen LogP contribution in [0.25, 0.3) is 10.9 Å². The van der Waals surface area contributed by atoms with Gasteiger partial charge in [0, 0.05) is 16.0 Å². The van der Waals surface area contributed by atoms with Gasteiger partial charge in [0.15, 0.2) is 11.9 Å². The lowest BCUT2D eigenvalue weighted by Gasteiger charge is -1.98. The maximum atomic E-state index is 11.5. The number of nitrogens with zero attached hydrogens (tertiary/aromatic N) is 1. The first-order valence-corrected chi connectivity index (χ1v) is 6.86. The predicted molar refractivity (Wildman–Crippen MR) is 69.6 cm³/mol. The molecule has 0 spiro atoms. The average molecular weight is 265 g/mol. The Labute approximate surface area is 107 Å². The average Bonchev–Trinajstić information content (AvgIpc) is 2.29. The van der Waals surface area contributed by atoms with Crippen LogP contribution in [0.3, 0.4) is 0 Å². The highest BCUT2D eigenvalue weighted by Crippen LogP contribution is 2.30. The fraction of sp³-hybridized carbons (Fsp3) is 0.308. The first-order chi connectivity index (χ1) is 8.56. The third-order valence-electron chi connectivity index (χ3n) is 2.44. The Hall–Kier alpha value is -1.51. The summed E-state index contributed by atoms with van der Waals surface area (Å²) in [6.45, 7) is 3.63. The van der Waals surface area contributed by atoms with Gasteiger partial charge in [-0.05, 0) is 32.0 Å². The molecule has 1 unspecified atom stereocenters. The van der Waals surface area contributed by atoms with E-state index in [2.05, 4.69) is 0 Å². The molecule has 2 rings (SSSR count). The summed E-state index contributed by atoms with van der Waals surface area (Å²) in [7, 11) is -0.165. The summed E-state index contributed by atoms with van der Waals surface area (Å²) in [6, 6.07) is 9.57. The van der Waals surface area contributed by atoms with Crippen molar-refractivity contribution in [2.24, 2.45) is 7.05 Å². The van der Waals surface area contributed by atoms with E-state index in [4.69, 9.17) is 9.05 Å². The van der Waals surface area contributed by atoms with Gasteiger partial charge in [-0.1, -0.05) is 0 Å². The molecular weight excluding hydrogens is 249 g/mol. The van der Waals surface area contributed by atoms with Crippen LogP contribution >= 0.6 is 8.25 Å². The summed E-state index contributed by atoms with van der Waals surface area (Å²) in [5.74, 6) is 0.547. The highest BCUT2D eigenvalue weighted by molar-refractivity contribution is 7.33. The van der Waals surface area contributed by atoms with Crippen molar-refractivity contribution in [2.45, 2.75) is 20.0 Å². The second kappa shape index (κ2) is 5.42. The van der Waals surface area contributed by atoms with Crippen LogP contribution in [0.5, 0.6) is 5.75 Å². The van der Waals surface area contributed by atoms with E-state index in [0.29, 0.717) is 5.75 Å². The van der Waals surface area contributed by atoms with Crippen LogP contribution in [-0.2, 0) is 16.1 Å². The minimum Gasteiger partial charge on any atom is -0.229 e. The molecule has 0 amide bonds. The normalized spacial score (nSPS) is 11.9. The third-order valence-corrected chi connectivity index (χ3v) is 3.40. The van der Waals surface area contributed by atoms with E-state index >= 15 is 0 Å². The number of aromatic nitrogens is 1. The monoisotopic (exact) mass is 265 g/mol. The van der Waals surface area contributed by atoms with Crippen LogP contribution < -0.4 is 9.09 Å². The fourth-order valence-corrected chi connectivity index (χ4v) is 2.34. The van der Waals surface area contributed by atoms with E-state index in [-0.39, 0.29) is 6.10 Å². The minimum absolute atomic E-state index is 0.120. The lowest BCUT2D eigenvalue weighted by atomic mass is 10.2. The number of hydrogen-bond donors (Lipinski definition) is 0. The SMILES string of the molecule is CC(C)O[P+](=O)Oc1ccc2ccc[n+](C)c2c1. The second-order valence-electron chi connectivity index (χ2n) is 4.31. The van der Waals surface area contributed by atoms with Crippen molar-refractivity contribution in [1.82, 2.24) is 0 Å². The number of benzene rings is 1. The highest BCUT2D eigenvalue weighted by Gasteiger charge is 2.24. The number of aryl methyl sites for hydroxylation is 1. The second-order valence-corrected chi connectivity index (χ2v) is 5.15. The Morgan fingerprint density at radius 3 is 2.78 bits per heavy atom. The Kier molecular flexibility index (Phi) is 3.90. The van der Waals surface area contributed by atoms with Crippen molar-refractivity contribution in [1.29, 1.82) is 0 Å². The zero-order valence-electron chi connectivity index (χ0n) is 10.7. The number of pyridine rings is 1. The van der Waals surface area contributed by atoms with Gasteiger partial charge in [-0.15, -0.1) is 4.52 Å². The number of rotatable bonds is 4. The van der Waals surface area contributed by atoms with Crippen molar-refractivity contribution < 1.29 is 18.2 Å². The van der Waals surface area contributed by atoms with Gasteiger partial charge in [0.2, 0.25) is 5.52 Å². The summed E-state index contributed by atoms with van der Waals surface area (Å²) in [4.78, 5) is 0. The topological polar surface area (TPSA) is 39.4 Å². The molecule has 0 radical (unpaired) electrons. The molecule has 0 aliphatic rings. The van der Waals surface area contributed by atoms with E-state index in [1.54, 1.807) is 6.07 Å². The van der Waals surface area contributed by atoms with Crippen molar-refractivity contribution in [2.75, 3.05) is 0 Å². The molecule has 0 saturated heterocycles. The number of hydrogen-bond acceptors (Lipinski definition) is 3. The molecule has 0 bridgehead atoms. The summed E-state index contributed by atoms with van der Waals surface area (Å²) < 4.78 is 23.9. The van der Waals surface area contributed by atoms with Crippen molar-refractivity contribution in [3.63, 3.8) is 0 Å². The van der Waals surface area contributed by atoms with E-state index in [1.165, 1.54) is 0 Å². The van der Waals surface area contributed by atoms with Crippen LogP contribution in [-0.4, -0.2) is 6.10 Å². The first kappa shape index (κ1) is 12.9. The summed E-state index contributed by atoms with van der Waals surface area (Å²) in [5.41, 5.74) is 1.02. The molecule has 0 saturated carbocycles. The maximum Gasteiger partial charge on any atom is 0.750 e. The largest absolute Gasteiger partial charge is 0.750 e. The fourth-order valence-electron chi connectivity index (χ4n) is 1.66. The molecule has 0 N–H and O–H groups in total. The van der Waals surface area contributed by atoms with Crippen LogP contribution in [0.4, 0.5) is 0 Å². The minimum atomic E-state index is -2.12. The van der Waals surface area contributed by atoms with Gasteiger partial charge >= 0.3 is 8.25 Å². The van der Waals surface area contributed by atoms with Gasteiger partial charge in [-0.25, -0.2) is 9.09 Å². The van der Waals surface area contributed by atoms with Gasteiger partial charge < -0.3 is 0 Å². The molecule has 1 aromatic heterocycles. The molecule has 4 nitrogen and oxygen atoms in total. The Morgan fingerprint density at radius 2 is 2.06 bits per heavy atom. The van der Waals surface area contributed by atoms with Gasteiger partial charge in [0.25, 0.3) is 0 Å². The van der Waals surface area contributed by atoms with E-state index in [9.17, 15) is 4.57 Å². The van der Waals surface area contributed by atoms with E-state index in [1.807, 2.05) is 55.9 Å². The molecular formula is C13H16NO3P+2. The molecule has 5 heteroatoms.